The molecular weight excluding hydrogens is 580 g/mol. The number of H-pyrrole nitrogens is 1. The summed E-state index contributed by atoms with van der Waals surface area (Å²) in [6.45, 7) is 3.32. The van der Waals surface area contributed by atoms with Crippen molar-refractivity contribution in [2.45, 2.75) is 32.0 Å². The lowest BCUT2D eigenvalue weighted by Gasteiger charge is -2.27. The SMILES string of the molecule is CC1(C)C(=O)N(c2ccc(C#N)c(C(F)(F)F)c2)CN1CCNC(=O)c1cc(Cc2n[nH]c(=O)c3ccccc23)ccc1F. The van der Waals surface area contributed by atoms with Crippen molar-refractivity contribution < 1.29 is 27.2 Å². The molecule has 0 radical (unpaired) electrons. The first-order valence-corrected chi connectivity index (χ1v) is 13.5. The number of amides is 2. The lowest BCUT2D eigenvalue weighted by molar-refractivity contribution is -0.137. The molecule has 1 aliphatic heterocycles. The maximum absolute atomic E-state index is 14.7. The predicted octanol–water partition coefficient (Wildman–Crippen LogP) is 4.36. The zero-order chi connectivity index (χ0) is 31.8. The fraction of sp³-hybridized carbons (Fsp3) is 0.258. The Kier molecular flexibility index (Phi) is 7.96. The van der Waals surface area contributed by atoms with Gasteiger partial charge in [0, 0.05) is 30.6 Å². The number of alkyl halides is 3. The van der Waals surface area contributed by atoms with Gasteiger partial charge in [0.25, 0.3) is 11.5 Å². The third-order valence-electron chi connectivity index (χ3n) is 7.70. The number of carbonyl (C=O) groups is 2. The molecule has 3 aromatic carbocycles. The molecule has 2 N–H and O–H groups in total. The van der Waals surface area contributed by atoms with Gasteiger partial charge in [0.2, 0.25) is 5.91 Å². The van der Waals surface area contributed by atoms with E-state index in [4.69, 9.17) is 5.26 Å². The number of aromatic amines is 1. The average molecular weight is 607 g/mol. The first-order chi connectivity index (χ1) is 20.8. The van der Waals surface area contributed by atoms with Gasteiger partial charge >= 0.3 is 6.18 Å². The van der Waals surface area contributed by atoms with Gasteiger partial charge in [0.05, 0.1) is 46.0 Å². The molecule has 1 aromatic heterocycles. The second-order valence-electron chi connectivity index (χ2n) is 10.8. The number of nitriles is 1. The Morgan fingerprint density at radius 2 is 1.82 bits per heavy atom. The number of carbonyl (C=O) groups excluding carboxylic acids is 2. The number of benzene rings is 3. The fourth-order valence-electron chi connectivity index (χ4n) is 5.21. The molecule has 2 heterocycles. The number of nitrogens with zero attached hydrogens (tertiary/aromatic N) is 4. The zero-order valence-corrected chi connectivity index (χ0v) is 23.6. The molecule has 9 nitrogen and oxygen atoms in total. The van der Waals surface area contributed by atoms with Crippen LogP contribution in [-0.4, -0.2) is 52.2 Å². The monoisotopic (exact) mass is 606 g/mol. The Hall–Kier alpha value is -5.09. The van der Waals surface area contributed by atoms with Crippen LogP contribution in [0.2, 0.25) is 0 Å². The number of fused-ring (bicyclic) bond motifs is 1. The van der Waals surface area contributed by atoms with E-state index in [-0.39, 0.29) is 43.0 Å². The summed E-state index contributed by atoms with van der Waals surface area (Å²) in [5.74, 6) is -1.88. The Labute approximate surface area is 248 Å². The summed E-state index contributed by atoms with van der Waals surface area (Å²) < 4.78 is 55.2. The zero-order valence-electron chi connectivity index (χ0n) is 23.6. The van der Waals surface area contributed by atoms with E-state index in [9.17, 15) is 31.9 Å². The van der Waals surface area contributed by atoms with Crippen molar-refractivity contribution >= 4 is 28.3 Å². The lowest BCUT2D eigenvalue weighted by atomic mass is 10.0. The summed E-state index contributed by atoms with van der Waals surface area (Å²) in [5, 5.41) is 19.4. The molecule has 0 unspecified atom stereocenters. The molecule has 1 fully saturated rings. The summed E-state index contributed by atoms with van der Waals surface area (Å²) in [5.41, 5.74) is -2.21. The van der Waals surface area contributed by atoms with Gasteiger partial charge in [0.1, 0.15) is 5.82 Å². The minimum Gasteiger partial charge on any atom is -0.351 e. The minimum atomic E-state index is -4.78. The molecule has 0 saturated carbocycles. The minimum absolute atomic E-state index is 0.00965. The van der Waals surface area contributed by atoms with Gasteiger partial charge in [-0.25, -0.2) is 9.49 Å². The standard InChI is InChI=1S/C31H26F4N6O3/c1-30(2)29(44)41(20-9-8-19(16-36)24(15-20)31(33,34)35)17-40(30)12-11-37-27(42)23-13-18(7-10-25(23)32)14-26-21-5-3-4-6-22(21)28(43)39-38-26/h3-10,13,15H,11-12,14,17H2,1-2H3,(H,37,42)(H,39,43). The van der Waals surface area contributed by atoms with E-state index in [2.05, 4.69) is 15.5 Å². The van der Waals surface area contributed by atoms with Crippen LogP contribution in [0, 0.1) is 17.1 Å². The summed E-state index contributed by atoms with van der Waals surface area (Å²) in [6, 6.07) is 15.6. The summed E-state index contributed by atoms with van der Waals surface area (Å²) >= 11 is 0. The van der Waals surface area contributed by atoms with Crippen LogP contribution in [0.15, 0.2) is 65.5 Å². The van der Waals surface area contributed by atoms with Crippen molar-refractivity contribution in [3.8, 4) is 6.07 Å². The van der Waals surface area contributed by atoms with E-state index < -0.39 is 40.5 Å². The second kappa shape index (κ2) is 11.5. The van der Waals surface area contributed by atoms with Crippen molar-refractivity contribution in [3.63, 3.8) is 0 Å². The van der Waals surface area contributed by atoms with Gasteiger partial charge in [-0.2, -0.15) is 23.5 Å². The van der Waals surface area contributed by atoms with E-state index in [1.54, 1.807) is 43.0 Å². The second-order valence-corrected chi connectivity index (χ2v) is 10.8. The topological polar surface area (TPSA) is 122 Å². The Bertz CT molecular complexity index is 1880. The first-order valence-electron chi connectivity index (χ1n) is 13.5. The van der Waals surface area contributed by atoms with Crippen molar-refractivity contribution in [1.29, 1.82) is 5.26 Å². The van der Waals surface area contributed by atoms with Gasteiger partial charge in [-0.3, -0.25) is 24.2 Å². The van der Waals surface area contributed by atoms with Crippen LogP contribution < -0.4 is 15.8 Å². The first kappa shape index (κ1) is 30.4. The summed E-state index contributed by atoms with van der Waals surface area (Å²) in [4.78, 5) is 41.1. The highest BCUT2D eigenvalue weighted by Crippen LogP contribution is 2.37. The highest BCUT2D eigenvalue weighted by Gasteiger charge is 2.46. The van der Waals surface area contributed by atoms with E-state index >= 15 is 0 Å². The van der Waals surface area contributed by atoms with Crippen molar-refractivity contribution in [3.05, 3.63) is 105 Å². The molecule has 4 aromatic rings. The highest BCUT2D eigenvalue weighted by molar-refractivity contribution is 6.02. The number of anilines is 1. The normalized spacial score (nSPS) is 15.0. The Balaban J connectivity index is 1.27. The van der Waals surface area contributed by atoms with Crippen LogP contribution in [0.1, 0.15) is 46.6 Å². The van der Waals surface area contributed by atoms with Crippen LogP contribution in [0.25, 0.3) is 10.8 Å². The van der Waals surface area contributed by atoms with Crippen LogP contribution >= 0.6 is 0 Å². The van der Waals surface area contributed by atoms with Gasteiger partial charge < -0.3 is 5.32 Å². The third kappa shape index (κ3) is 5.76. The number of aromatic nitrogens is 2. The Morgan fingerprint density at radius 1 is 1.09 bits per heavy atom. The fourth-order valence-corrected chi connectivity index (χ4v) is 5.21. The van der Waals surface area contributed by atoms with Crippen molar-refractivity contribution in [2.24, 2.45) is 0 Å². The molecule has 226 valence electrons. The molecule has 0 bridgehead atoms. The lowest BCUT2D eigenvalue weighted by Crippen LogP contribution is -2.46. The molecule has 5 rings (SSSR count). The summed E-state index contributed by atoms with van der Waals surface area (Å²) in [6.07, 6.45) is -4.55. The number of hydrogen-bond donors (Lipinski definition) is 2. The van der Waals surface area contributed by atoms with Gasteiger partial charge in [-0.15, -0.1) is 0 Å². The quantitative estimate of drug-likeness (QED) is 0.302. The number of rotatable bonds is 7. The molecule has 2 amide bonds. The molecule has 44 heavy (non-hydrogen) atoms. The van der Waals surface area contributed by atoms with Crippen LogP contribution in [-0.2, 0) is 17.4 Å². The largest absolute Gasteiger partial charge is 0.417 e. The van der Waals surface area contributed by atoms with Gasteiger partial charge in [-0.1, -0.05) is 24.3 Å². The summed E-state index contributed by atoms with van der Waals surface area (Å²) in [7, 11) is 0. The van der Waals surface area contributed by atoms with E-state index in [1.807, 2.05) is 0 Å². The number of halogens is 4. The maximum Gasteiger partial charge on any atom is 0.417 e. The Morgan fingerprint density at radius 3 is 2.52 bits per heavy atom. The molecule has 0 spiro atoms. The van der Waals surface area contributed by atoms with Gasteiger partial charge in [0.15, 0.2) is 0 Å². The van der Waals surface area contributed by atoms with Crippen molar-refractivity contribution in [1.82, 2.24) is 20.4 Å². The molecule has 13 heteroatoms. The molecule has 0 aliphatic carbocycles. The van der Waals surface area contributed by atoms with E-state index in [1.165, 1.54) is 35.2 Å². The van der Waals surface area contributed by atoms with Gasteiger partial charge in [-0.05, 0) is 55.8 Å². The smallest absolute Gasteiger partial charge is 0.351 e. The van der Waals surface area contributed by atoms with Crippen LogP contribution in [0.3, 0.4) is 0 Å². The predicted molar refractivity (Wildman–Crippen MR) is 153 cm³/mol. The number of hydrogen-bond acceptors (Lipinski definition) is 6. The van der Waals surface area contributed by atoms with E-state index in [0.717, 1.165) is 12.1 Å². The molecule has 1 saturated heterocycles. The molecule has 1 aliphatic rings. The maximum atomic E-state index is 14.7. The highest BCUT2D eigenvalue weighted by atomic mass is 19.4. The van der Waals surface area contributed by atoms with E-state index in [0.29, 0.717) is 22.0 Å². The third-order valence-corrected chi connectivity index (χ3v) is 7.70. The van der Waals surface area contributed by atoms with Crippen molar-refractivity contribution in [2.75, 3.05) is 24.7 Å². The molecular formula is C31H26F4N6O3. The van der Waals surface area contributed by atoms with Crippen LogP contribution in [0.5, 0.6) is 0 Å². The average Bonchev–Trinajstić information content (AvgIpc) is 3.22. The van der Waals surface area contributed by atoms with Crippen LogP contribution in [0.4, 0.5) is 23.2 Å². The number of nitrogens with one attached hydrogen (secondary N) is 2. The molecule has 0 atom stereocenters.